The van der Waals surface area contributed by atoms with Crippen LogP contribution in [0.5, 0.6) is 0 Å². The summed E-state index contributed by atoms with van der Waals surface area (Å²) in [6.07, 6.45) is 1.63. The van der Waals surface area contributed by atoms with Crippen LogP contribution in [0.4, 0.5) is 5.82 Å². The number of aryl methyl sites for hydroxylation is 2. The minimum absolute atomic E-state index is 0.156. The SMILES string of the molecule is Cc1sc2ncnc(NC[C@@H](c3ccccc3Cl)N(C)C)c2c1C. The molecule has 0 bridgehead atoms. The maximum absolute atomic E-state index is 6.39. The first-order valence-electron chi connectivity index (χ1n) is 7.84. The number of anilines is 1. The summed E-state index contributed by atoms with van der Waals surface area (Å²) >= 11 is 8.10. The Balaban J connectivity index is 1.90. The summed E-state index contributed by atoms with van der Waals surface area (Å²) in [7, 11) is 4.12. The number of hydrogen-bond donors (Lipinski definition) is 1. The molecule has 0 aliphatic heterocycles. The van der Waals surface area contributed by atoms with E-state index in [0.717, 1.165) is 33.2 Å². The van der Waals surface area contributed by atoms with Crippen LogP contribution in [0.2, 0.25) is 5.02 Å². The predicted molar refractivity (Wildman–Crippen MR) is 103 cm³/mol. The Morgan fingerprint density at radius 2 is 1.96 bits per heavy atom. The molecule has 0 radical (unpaired) electrons. The van der Waals surface area contributed by atoms with Gasteiger partial charge in [0.15, 0.2) is 0 Å². The molecule has 1 N–H and O–H groups in total. The van der Waals surface area contributed by atoms with E-state index >= 15 is 0 Å². The fourth-order valence-corrected chi connectivity index (χ4v) is 4.08. The van der Waals surface area contributed by atoms with Crippen LogP contribution in [0.1, 0.15) is 22.0 Å². The number of halogens is 1. The molecule has 4 nitrogen and oxygen atoms in total. The van der Waals surface area contributed by atoms with Gasteiger partial charge in [-0.15, -0.1) is 11.3 Å². The molecular weight excluding hydrogens is 340 g/mol. The average molecular weight is 361 g/mol. The summed E-state index contributed by atoms with van der Waals surface area (Å²) in [6.45, 7) is 4.97. The molecule has 3 aromatic rings. The van der Waals surface area contributed by atoms with E-state index in [2.05, 4.69) is 54.2 Å². The Hall–Kier alpha value is -1.69. The van der Waals surface area contributed by atoms with Crippen molar-refractivity contribution >= 4 is 39.0 Å². The number of aromatic nitrogens is 2. The summed E-state index contributed by atoms with van der Waals surface area (Å²) < 4.78 is 0. The van der Waals surface area contributed by atoms with Crippen molar-refractivity contribution in [2.75, 3.05) is 26.0 Å². The van der Waals surface area contributed by atoms with Crippen LogP contribution in [-0.4, -0.2) is 35.5 Å². The Bertz CT molecular complexity index is 859. The first-order chi connectivity index (χ1) is 11.5. The summed E-state index contributed by atoms with van der Waals surface area (Å²) in [5.41, 5.74) is 2.36. The van der Waals surface area contributed by atoms with E-state index in [1.54, 1.807) is 17.7 Å². The molecular formula is C18H21ClN4S. The molecule has 0 saturated carbocycles. The van der Waals surface area contributed by atoms with E-state index in [1.807, 2.05) is 18.2 Å². The first-order valence-corrected chi connectivity index (χ1v) is 9.04. The third-order valence-electron chi connectivity index (χ3n) is 4.32. The Kier molecular flexibility index (Phi) is 5.04. The highest BCUT2D eigenvalue weighted by molar-refractivity contribution is 7.18. The smallest absolute Gasteiger partial charge is 0.138 e. The van der Waals surface area contributed by atoms with E-state index in [4.69, 9.17) is 11.6 Å². The average Bonchev–Trinajstić information content (AvgIpc) is 2.84. The second kappa shape index (κ2) is 7.05. The molecule has 1 aromatic carbocycles. The maximum Gasteiger partial charge on any atom is 0.138 e. The van der Waals surface area contributed by atoms with Gasteiger partial charge in [-0.2, -0.15) is 0 Å². The Labute approximate surface area is 151 Å². The van der Waals surface area contributed by atoms with Gasteiger partial charge < -0.3 is 10.2 Å². The van der Waals surface area contributed by atoms with E-state index in [1.165, 1.54) is 10.4 Å². The van der Waals surface area contributed by atoms with Crippen LogP contribution < -0.4 is 5.32 Å². The van der Waals surface area contributed by atoms with Gasteiger partial charge in [-0.25, -0.2) is 9.97 Å². The van der Waals surface area contributed by atoms with Crippen LogP contribution in [0.25, 0.3) is 10.2 Å². The number of fused-ring (bicyclic) bond motifs is 1. The lowest BCUT2D eigenvalue weighted by atomic mass is 10.1. The molecule has 0 amide bonds. The zero-order valence-electron chi connectivity index (χ0n) is 14.3. The molecule has 2 heterocycles. The molecule has 0 aliphatic rings. The van der Waals surface area contributed by atoms with Crippen molar-refractivity contribution < 1.29 is 0 Å². The Morgan fingerprint density at radius 1 is 1.21 bits per heavy atom. The van der Waals surface area contributed by atoms with Crippen molar-refractivity contribution in [3.8, 4) is 0 Å². The topological polar surface area (TPSA) is 41.1 Å². The van der Waals surface area contributed by atoms with Crippen LogP contribution in [0.3, 0.4) is 0 Å². The predicted octanol–water partition coefficient (Wildman–Crippen LogP) is 4.68. The van der Waals surface area contributed by atoms with Crippen molar-refractivity contribution in [2.24, 2.45) is 0 Å². The Morgan fingerprint density at radius 3 is 2.67 bits per heavy atom. The number of nitrogens with one attached hydrogen (secondary N) is 1. The minimum atomic E-state index is 0.156. The lowest BCUT2D eigenvalue weighted by Gasteiger charge is -2.26. The molecule has 1 atom stereocenters. The lowest BCUT2D eigenvalue weighted by Crippen LogP contribution is -2.27. The summed E-state index contributed by atoms with van der Waals surface area (Å²) in [6, 6.07) is 8.14. The second-order valence-corrected chi connectivity index (χ2v) is 7.68. The van der Waals surface area contributed by atoms with E-state index in [9.17, 15) is 0 Å². The van der Waals surface area contributed by atoms with Crippen LogP contribution >= 0.6 is 22.9 Å². The number of rotatable bonds is 5. The fraction of sp³-hybridized carbons (Fsp3) is 0.333. The van der Waals surface area contributed by atoms with Crippen molar-refractivity contribution in [3.63, 3.8) is 0 Å². The van der Waals surface area contributed by atoms with Gasteiger partial charge in [-0.1, -0.05) is 29.8 Å². The third kappa shape index (κ3) is 3.24. The quantitative estimate of drug-likeness (QED) is 0.717. The molecule has 0 unspecified atom stereocenters. The minimum Gasteiger partial charge on any atom is -0.367 e. The number of benzene rings is 1. The van der Waals surface area contributed by atoms with Gasteiger partial charge in [0.1, 0.15) is 17.0 Å². The van der Waals surface area contributed by atoms with Gasteiger partial charge in [-0.05, 0) is 45.1 Å². The van der Waals surface area contributed by atoms with Crippen LogP contribution in [0.15, 0.2) is 30.6 Å². The summed E-state index contributed by atoms with van der Waals surface area (Å²) in [4.78, 5) is 13.3. The zero-order valence-corrected chi connectivity index (χ0v) is 15.9. The van der Waals surface area contributed by atoms with Crippen molar-refractivity contribution in [3.05, 3.63) is 51.6 Å². The molecule has 2 aromatic heterocycles. The van der Waals surface area contributed by atoms with Crippen molar-refractivity contribution in [2.45, 2.75) is 19.9 Å². The fourth-order valence-electron chi connectivity index (χ4n) is 2.83. The molecule has 0 aliphatic carbocycles. The molecule has 0 fully saturated rings. The van der Waals surface area contributed by atoms with E-state index < -0.39 is 0 Å². The normalized spacial score (nSPS) is 12.8. The van der Waals surface area contributed by atoms with Crippen LogP contribution in [-0.2, 0) is 0 Å². The summed E-state index contributed by atoms with van der Waals surface area (Å²) in [5, 5.41) is 5.41. The van der Waals surface area contributed by atoms with Gasteiger partial charge in [-0.3, -0.25) is 0 Å². The van der Waals surface area contributed by atoms with Crippen LogP contribution in [0, 0.1) is 13.8 Å². The molecule has 24 heavy (non-hydrogen) atoms. The maximum atomic E-state index is 6.39. The van der Waals surface area contributed by atoms with E-state index in [0.29, 0.717) is 0 Å². The lowest BCUT2D eigenvalue weighted by molar-refractivity contribution is 0.312. The zero-order chi connectivity index (χ0) is 17.3. The molecule has 3 rings (SSSR count). The summed E-state index contributed by atoms with van der Waals surface area (Å²) in [5.74, 6) is 0.890. The third-order valence-corrected chi connectivity index (χ3v) is 5.78. The number of thiophene rings is 1. The standard InChI is InChI=1S/C18H21ClN4S/c1-11-12(2)24-18-16(11)17(21-10-22-18)20-9-15(23(3)4)13-7-5-6-8-14(13)19/h5-8,10,15H,9H2,1-4H3,(H,20,21,22)/t15-/m0/s1. The highest BCUT2D eigenvalue weighted by Crippen LogP contribution is 2.33. The largest absolute Gasteiger partial charge is 0.367 e. The monoisotopic (exact) mass is 360 g/mol. The highest BCUT2D eigenvalue weighted by Gasteiger charge is 2.18. The first kappa shape index (κ1) is 17.1. The molecule has 6 heteroatoms. The number of likely N-dealkylation sites (N-methyl/N-ethyl adjacent to an activating group) is 1. The van der Waals surface area contributed by atoms with Crippen molar-refractivity contribution in [1.29, 1.82) is 0 Å². The van der Waals surface area contributed by atoms with Crippen molar-refractivity contribution in [1.82, 2.24) is 14.9 Å². The highest BCUT2D eigenvalue weighted by atomic mass is 35.5. The van der Waals surface area contributed by atoms with Gasteiger partial charge in [0.05, 0.1) is 11.4 Å². The van der Waals surface area contributed by atoms with Gasteiger partial charge >= 0.3 is 0 Å². The molecule has 126 valence electrons. The van der Waals surface area contributed by atoms with Gasteiger partial charge in [0, 0.05) is 16.4 Å². The number of nitrogens with zero attached hydrogens (tertiary/aromatic N) is 3. The van der Waals surface area contributed by atoms with Gasteiger partial charge in [0.25, 0.3) is 0 Å². The van der Waals surface area contributed by atoms with Gasteiger partial charge in [0.2, 0.25) is 0 Å². The molecule has 0 spiro atoms. The van der Waals surface area contributed by atoms with E-state index in [-0.39, 0.29) is 6.04 Å². The molecule has 0 saturated heterocycles. The second-order valence-electron chi connectivity index (χ2n) is 6.07. The number of hydrogen-bond acceptors (Lipinski definition) is 5.